The highest BCUT2D eigenvalue weighted by molar-refractivity contribution is 7.92. The maximum absolute atomic E-state index is 14.6. The lowest BCUT2D eigenvalue weighted by Crippen LogP contribution is -2.57. The van der Waals surface area contributed by atoms with E-state index in [1.54, 1.807) is 36.9 Å². The van der Waals surface area contributed by atoms with E-state index < -0.39 is 14.6 Å². The Kier molecular flexibility index (Phi) is 5.97. The largest absolute Gasteiger partial charge is 0.357 e. The number of halogens is 1. The SMILES string of the molecule is CCNC(=NCc1ccc(-n2ccnc2C)c(F)c1)N1CCS(=O)(=O)C(C)(C)C1. The molecule has 0 atom stereocenters. The van der Waals surface area contributed by atoms with Crippen LogP contribution in [0.3, 0.4) is 0 Å². The van der Waals surface area contributed by atoms with Gasteiger partial charge >= 0.3 is 0 Å². The molecule has 0 unspecified atom stereocenters. The van der Waals surface area contributed by atoms with Crippen molar-refractivity contribution in [3.05, 3.63) is 47.8 Å². The molecule has 3 rings (SSSR count). The number of nitrogens with one attached hydrogen (secondary N) is 1. The zero-order chi connectivity index (χ0) is 21.2. The van der Waals surface area contributed by atoms with Crippen molar-refractivity contribution in [2.75, 3.05) is 25.4 Å². The Morgan fingerprint density at radius 3 is 2.72 bits per heavy atom. The molecule has 2 aromatic rings. The van der Waals surface area contributed by atoms with Crippen LogP contribution < -0.4 is 5.32 Å². The van der Waals surface area contributed by atoms with Crippen LogP contribution in [0.1, 0.15) is 32.2 Å². The summed E-state index contributed by atoms with van der Waals surface area (Å²) in [5.41, 5.74) is 1.19. The van der Waals surface area contributed by atoms with Crippen molar-refractivity contribution in [1.82, 2.24) is 19.8 Å². The molecule has 158 valence electrons. The van der Waals surface area contributed by atoms with E-state index in [0.717, 1.165) is 5.56 Å². The average molecular weight is 422 g/mol. The molecular formula is C20H28FN5O2S. The Bertz CT molecular complexity index is 1010. The van der Waals surface area contributed by atoms with Crippen LogP contribution in [-0.2, 0) is 16.4 Å². The second-order valence-electron chi connectivity index (χ2n) is 7.80. The Labute approximate surface area is 171 Å². The monoisotopic (exact) mass is 421 g/mol. The Morgan fingerprint density at radius 2 is 2.14 bits per heavy atom. The Balaban J connectivity index is 1.79. The minimum atomic E-state index is -3.13. The lowest BCUT2D eigenvalue weighted by molar-refractivity contribution is 0.353. The van der Waals surface area contributed by atoms with E-state index in [1.807, 2.05) is 24.8 Å². The number of sulfone groups is 1. The van der Waals surface area contributed by atoms with Gasteiger partial charge in [0.1, 0.15) is 11.6 Å². The van der Waals surface area contributed by atoms with Gasteiger partial charge in [-0.25, -0.2) is 22.8 Å². The molecule has 0 radical (unpaired) electrons. The van der Waals surface area contributed by atoms with Gasteiger partial charge in [0.25, 0.3) is 0 Å². The molecule has 9 heteroatoms. The van der Waals surface area contributed by atoms with Gasteiger partial charge in [0, 0.05) is 32.0 Å². The number of aliphatic imine (C=N–C) groups is 1. The van der Waals surface area contributed by atoms with Crippen LogP contribution in [0.4, 0.5) is 4.39 Å². The molecule has 29 heavy (non-hydrogen) atoms. The fourth-order valence-electron chi connectivity index (χ4n) is 3.39. The second kappa shape index (κ2) is 8.14. The van der Waals surface area contributed by atoms with Crippen LogP contribution in [0.15, 0.2) is 35.6 Å². The summed E-state index contributed by atoms with van der Waals surface area (Å²) in [5, 5.41) is 3.22. The van der Waals surface area contributed by atoms with Crippen molar-refractivity contribution in [2.24, 2.45) is 4.99 Å². The summed E-state index contributed by atoms with van der Waals surface area (Å²) >= 11 is 0. The highest BCUT2D eigenvalue weighted by atomic mass is 32.2. The minimum absolute atomic E-state index is 0.0952. The number of aryl methyl sites for hydroxylation is 1. The molecule has 0 spiro atoms. The summed E-state index contributed by atoms with van der Waals surface area (Å²) in [5.74, 6) is 1.11. The van der Waals surface area contributed by atoms with Gasteiger partial charge in [0.2, 0.25) is 0 Å². The third-order valence-electron chi connectivity index (χ3n) is 5.19. The van der Waals surface area contributed by atoms with E-state index >= 15 is 0 Å². The van der Waals surface area contributed by atoms with Gasteiger partial charge in [0.15, 0.2) is 15.8 Å². The first kappa shape index (κ1) is 21.3. The van der Waals surface area contributed by atoms with Gasteiger partial charge in [-0.2, -0.15) is 0 Å². The molecule has 1 saturated heterocycles. The fourth-order valence-corrected chi connectivity index (χ4v) is 4.76. The van der Waals surface area contributed by atoms with Crippen LogP contribution in [0.2, 0.25) is 0 Å². The predicted molar refractivity (Wildman–Crippen MR) is 113 cm³/mol. The van der Waals surface area contributed by atoms with E-state index in [4.69, 9.17) is 0 Å². The third-order valence-corrected chi connectivity index (χ3v) is 7.72. The van der Waals surface area contributed by atoms with Crippen molar-refractivity contribution >= 4 is 15.8 Å². The molecule has 0 aliphatic carbocycles. The highest BCUT2D eigenvalue weighted by Crippen LogP contribution is 2.24. The average Bonchev–Trinajstić information content (AvgIpc) is 3.07. The molecule has 1 aliphatic rings. The summed E-state index contributed by atoms with van der Waals surface area (Å²) in [6.07, 6.45) is 3.36. The van der Waals surface area contributed by atoms with E-state index in [0.29, 0.717) is 43.7 Å². The number of imidazole rings is 1. The van der Waals surface area contributed by atoms with E-state index in [2.05, 4.69) is 15.3 Å². The maximum atomic E-state index is 14.6. The highest BCUT2D eigenvalue weighted by Gasteiger charge is 2.40. The fraction of sp³-hybridized carbons (Fsp3) is 0.500. The van der Waals surface area contributed by atoms with Gasteiger partial charge in [-0.15, -0.1) is 0 Å². The molecule has 1 aliphatic heterocycles. The number of nitrogens with zero attached hydrogens (tertiary/aromatic N) is 4. The van der Waals surface area contributed by atoms with Crippen LogP contribution >= 0.6 is 0 Å². The van der Waals surface area contributed by atoms with Crippen LogP contribution in [-0.4, -0.2) is 59.0 Å². The zero-order valence-electron chi connectivity index (χ0n) is 17.3. The van der Waals surface area contributed by atoms with Crippen molar-refractivity contribution in [3.8, 4) is 5.69 Å². The predicted octanol–water partition coefficient (Wildman–Crippen LogP) is 2.29. The van der Waals surface area contributed by atoms with Crippen molar-refractivity contribution < 1.29 is 12.8 Å². The molecule has 0 saturated carbocycles. The molecule has 2 heterocycles. The summed E-state index contributed by atoms with van der Waals surface area (Å²) in [7, 11) is -3.13. The smallest absolute Gasteiger partial charge is 0.194 e. The van der Waals surface area contributed by atoms with E-state index in [-0.39, 0.29) is 11.6 Å². The van der Waals surface area contributed by atoms with Crippen LogP contribution in [0.5, 0.6) is 0 Å². The van der Waals surface area contributed by atoms with Gasteiger partial charge in [0.05, 0.1) is 22.7 Å². The molecular weight excluding hydrogens is 393 g/mol. The van der Waals surface area contributed by atoms with E-state index in [9.17, 15) is 12.8 Å². The molecule has 0 amide bonds. The normalized spacial score (nSPS) is 18.7. The number of aromatic nitrogens is 2. The Morgan fingerprint density at radius 1 is 1.38 bits per heavy atom. The molecule has 1 aromatic heterocycles. The van der Waals surface area contributed by atoms with Gasteiger partial charge in [-0.05, 0) is 45.4 Å². The summed E-state index contributed by atoms with van der Waals surface area (Å²) in [6, 6.07) is 5.04. The first-order chi connectivity index (χ1) is 13.6. The van der Waals surface area contributed by atoms with Gasteiger partial charge in [-0.3, -0.25) is 0 Å². The van der Waals surface area contributed by atoms with Crippen molar-refractivity contribution in [2.45, 2.75) is 39.0 Å². The molecule has 1 fully saturated rings. The van der Waals surface area contributed by atoms with Crippen molar-refractivity contribution in [3.63, 3.8) is 0 Å². The van der Waals surface area contributed by atoms with Gasteiger partial charge < -0.3 is 14.8 Å². The number of benzene rings is 1. The number of rotatable bonds is 4. The number of hydrogen-bond donors (Lipinski definition) is 1. The Hall–Kier alpha value is -2.42. The zero-order valence-corrected chi connectivity index (χ0v) is 18.1. The summed E-state index contributed by atoms with van der Waals surface area (Å²) in [6.45, 7) is 8.99. The quantitative estimate of drug-likeness (QED) is 0.605. The van der Waals surface area contributed by atoms with Crippen molar-refractivity contribution in [1.29, 1.82) is 0 Å². The lowest BCUT2D eigenvalue weighted by atomic mass is 10.2. The molecule has 0 bridgehead atoms. The topological polar surface area (TPSA) is 79.6 Å². The number of guanidine groups is 1. The number of hydrogen-bond acceptors (Lipinski definition) is 4. The third kappa shape index (κ3) is 4.44. The lowest BCUT2D eigenvalue weighted by Gasteiger charge is -2.39. The van der Waals surface area contributed by atoms with Crippen LogP contribution in [0, 0.1) is 12.7 Å². The maximum Gasteiger partial charge on any atom is 0.194 e. The first-order valence-electron chi connectivity index (χ1n) is 9.69. The first-order valence-corrected chi connectivity index (χ1v) is 11.3. The van der Waals surface area contributed by atoms with Crippen LogP contribution in [0.25, 0.3) is 5.69 Å². The molecule has 1 aromatic carbocycles. The second-order valence-corrected chi connectivity index (χ2v) is 10.5. The molecule has 7 nitrogen and oxygen atoms in total. The summed E-state index contributed by atoms with van der Waals surface area (Å²) < 4.78 is 40.0. The molecule has 1 N–H and O–H groups in total. The minimum Gasteiger partial charge on any atom is -0.357 e. The summed E-state index contributed by atoms with van der Waals surface area (Å²) in [4.78, 5) is 10.7. The van der Waals surface area contributed by atoms with E-state index in [1.165, 1.54) is 6.07 Å². The van der Waals surface area contributed by atoms with Gasteiger partial charge in [-0.1, -0.05) is 6.07 Å². The standard InChI is InChI=1S/C20H28FN5O2S/c1-5-22-19(25-10-11-29(27,28)20(3,4)14-25)24-13-16-6-7-18(17(21)12-16)26-9-8-23-15(26)2/h6-9,12H,5,10-11,13-14H2,1-4H3,(H,22,24).